The van der Waals surface area contributed by atoms with Crippen LogP contribution in [0.1, 0.15) is 0 Å². The van der Waals surface area contributed by atoms with Crippen LogP contribution >= 0.6 is 0 Å². The molecular weight excluding hydrogens is 124 g/mol. The maximum Gasteiger partial charge on any atom is 0.0619 e. The maximum atomic E-state index is 3.12. The van der Waals surface area contributed by atoms with Crippen LogP contribution < -0.4 is 10.6 Å². The fourth-order valence-corrected chi connectivity index (χ4v) is 0.998. The first-order chi connectivity index (χ1) is 4.97. The van der Waals surface area contributed by atoms with Crippen molar-refractivity contribution in [1.82, 2.24) is 0 Å². The summed E-state index contributed by atoms with van der Waals surface area (Å²) in [6.45, 7) is 0. The first kappa shape index (κ1) is 5.35. The Balaban J connectivity index is 2.47. The van der Waals surface area contributed by atoms with E-state index < -0.39 is 0 Å². The fraction of sp³-hybridized carbons (Fsp3) is 0. The summed E-state index contributed by atoms with van der Waals surface area (Å²) in [5, 5.41) is 6.24. The second kappa shape index (κ2) is 2.06. The second-order valence-corrected chi connectivity index (χ2v) is 2.17. The molecule has 0 aromatic heterocycles. The van der Waals surface area contributed by atoms with E-state index in [0.717, 1.165) is 11.4 Å². The Kier molecular flexibility index (Phi) is 1.10. The highest BCUT2D eigenvalue weighted by atomic mass is 15.0. The van der Waals surface area contributed by atoms with Crippen molar-refractivity contribution in [2.45, 2.75) is 0 Å². The zero-order valence-electron chi connectivity index (χ0n) is 5.46. The lowest BCUT2D eigenvalue weighted by Gasteiger charge is -2.12. The van der Waals surface area contributed by atoms with Crippen molar-refractivity contribution in [3.8, 4) is 0 Å². The lowest BCUT2D eigenvalue weighted by molar-refractivity contribution is 1.46. The van der Waals surface area contributed by atoms with Crippen molar-refractivity contribution in [3.05, 3.63) is 36.7 Å². The molecule has 0 amide bonds. The molecule has 50 valence electrons. The van der Waals surface area contributed by atoms with Gasteiger partial charge < -0.3 is 10.6 Å². The third-order valence-corrected chi connectivity index (χ3v) is 1.49. The summed E-state index contributed by atoms with van der Waals surface area (Å²) in [6.07, 6.45) is 3.75. The quantitative estimate of drug-likeness (QED) is 0.564. The zero-order valence-corrected chi connectivity index (χ0v) is 5.46. The summed E-state index contributed by atoms with van der Waals surface area (Å²) >= 11 is 0. The molecule has 10 heavy (non-hydrogen) atoms. The fourth-order valence-electron chi connectivity index (χ4n) is 0.998. The molecule has 2 heteroatoms. The number of rotatable bonds is 0. The van der Waals surface area contributed by atoms with Gasteiger partial charge in [-0.25, -0.2) is 0 Å². The van der Waals surface area contributed by atoms with Crippen molar-refractivity contribution in [2.75, 3.05) is 10.6 Å². The van der Waals surface area contributed by atoms with Gasteiger partial charge in [0.2, 0.25) is 0 Å². The van der Waals surface area contributed by atoms with Gasteiger partial charge >= 0.3 is 0 Å². The van der Waals surface area contributed by atoms with Gasteiger partial charge in [0.1, 0.15) is 0 Å². The summed E-state index contributed by atoms with van der Waals surface area (Å²) < 4.78 is 0. The second-order valence-electron chi connectivity index (χ2n) is 2.17. The van der Waals surface area contributed by atoms with E-state index in [0.29, 0.717) is 0 Å². The summed E-state index contributed by atoms with van der Waals surface area (Å²) in [5.41, 5.74) is 2.26. The van der Waals surface area contributed by atoms with E-state index in [2.05, 4.69) is 10.6 Å². The Bertz CT molecular complexity index is 239. The van der Waals surface area contributed by atoms with Crippen LogP contribution in [0.3, 0.4) is 0 Å². The summed E-state index contributed by atoms with van der Waals surface area (Å²) in [4.78, 5) is 0. The predicted molar refractivity (Wildman–Crippen MR) is 42.8 cm³/mol. The number of nitrogens with one attached hydrogen (secondary N) is 2. The molecule has 1 aromatic carbocycles. The number of hydrogen-bond acceptors (Lipinski definition) is 2. The molecule has 2 rings (SSSR count). The van der Waals surface area contributed by atoms with Crippen molar-refractivity contribution in [1.29, 1.82) is 0 Å². The maximum absolute atomic E-state index is 3.12. The molecule has 0 radical (unpaired) electrons. The molecule has 1 heterocycles. The van der Waals surface area contributed by atoms with Gasteiger partial charge in [-0.1, -0.05) is 12.1 Å². The Morgan fingerprint density at radius 2 is 1.30 bits per heavy atom. The molecule has 0 saturated carbocycles. The van der Waals surface area contributed by atoms with Gasteiger partial charge in [0.25, 0.3) is 0 Å². The van der Waals surface area contributed by atoms with Crippen LogP contribution in [0.2, 0.25) is 0 Å². The van der Waals surface area contributed by atoms with Crippen LogP contribution in [0.15, 0.2) is 36.7 Å². The molecule has 1 aromatic rings. The van der Waals surface area contributed by atoms with E-state index >= 15 is 0 Å². The average molecular weight is 132 g/mol. The van der Waals surface area contributed by atoms with E-state index in [1.54, 1.807) is 0 Å². The summed E-state index contributed by atoms with van der Waals surface area (Å²) in [6, 6.07) is 8.08. The molecule has 1 aliphatic rings. The highest BCUT2D eigenvalue weighted by molar-refractivity contribution is 5.72. The van der Waals surface area contributed by atoms with Crippen LogP contribution in [0.4, 0.5) is 11.4 Å². The van der Waals surface area contributed by atoms with E-state index in [1.807, 2.05) is 36.7 Å². The van der Waals surface area contributed by atoms with Gasteiger partial charge in [0.15, 0.2) is 0 Å². The molecule has 0 saturated heterocycles. The molecule has 0 bridgehead atoms. The van der Waals surface area contributed by atoms with Crippen LogP contribution in [0, 0.1) is 0 Å². The van der Waals surface area contributed by atoms with Crippen molar-refractivity contribution in [3.63, 3.8) is 0 Å². The molecule has 1 aliphatic heterocycles. The molecule has 2 N–H and O–H groups in total. The molecular formula is C8H8N2. The van der Waals surface area contributed by atoms with Gasteiger partial charge in [-0.05, 0) is 12.1 Å². The minimum Gasteiger partial charge on any atom is -0.359 e. The Hall–Kier alpha value is -1.44. The third kappa shape index (κ3) is 0.739. The topological polar surface area (TPSA) is 24.1 Å². The number of para-hydroxylation sites is 2. The van der Waals surface area contributed by atoms with Gasteiger partial charge in [0.05, 0.1) is 11.4 Å². The Labute approximate surface area is 59.6 Å². The number of fused-ring (bicyclic) bond motifs is 1. The number of anilines is 2. The Morgan fingerprint density at radius 3 is 1.80 bits per heavy atom. The molecule has 0 spiro atoms. The lowest BCUT2D eigenvalue weighted by atomic mass is 10.2. The van der Waals surface area contributed by atoms with Crippen LogP contribution in [-0.2, 0) is 0 Å². The van der Waals surface area contributed by atoms with Crippen LogP contribution in [0.25, 0.3) is 0 Å². The van der Waals surface area contributed by atoms with E-state index in [4.69, 9.17) is 0 Å². The van der Waals surface area contributed by atoms with E-state index in [-0.39, 0.29) is 0 Å². The summed E-state index contributed by atoms with van der Waals surface area (Å²) in [5.74, 6) is 0. The van der Waals surface area contributed by atoms with E-state index in [1.165, 1.54) is 0 Å². The average Bonchev–Trinajstić information content (AvgIpc) is 2.05. The minimum atomic E-state index is 1.13. The SMILES string of the molecule is C1=CNc2ccccc2N1. The molecule has 2 nitrogen and oxygen atoms in total. The monoisotopic (exact) mass is 132 g/mol. The largest absolute Gasteiger partial charge is 0.359 e. The van der Waals surface area contributed by atoms with Crippen molar-refractivity contribution < 1.29 is 0 Å². The van der Waals surface area contributed by atoms with Gasteiger partial charge in [-0.15, -0.1) is 0 Å². The Morgan fingerprint density at radius 1 is 0.800 bits per heavy atom. The summed E-state index contributed by atoms with van der Waals surface area (Å²) in [7, 11) is 0. The zero-order chi connectivity index (χ0) is 6.81. The number of hydrogen-bond donors (Lipinski definition) is 2. The molecule has 0 aliphatic carbocycles. The third-order valence-electron chi connectivity index (χ3n) is 1.49. The first-order valence-electron chi connectivity index (χ1n) is 3.24. The highest BCUT2D eigenvalue weighted by Crippen LogP contribution is 2.22. The number of benzene rings is 1. The van der Waals surface area contributed by atoms with E-state index in [9.17, 15) is 0 Å². The molecule has 0 atom stereocenters. The van der Waals surface area contributed by atoms with Crippen molar-refractivity contribution >= 4 is 11.4 Å². The van der Waals surface area contributed by atoms with Gasteiger partial charge in [-0.2, -0.15) is 0 Å². The highest BCUT2D eigenvalue weighted by Gasteiger charge is 1.99. The lowest BCUT2D eigenvalue weighted by Crippen LogP contribution is -2.00. The van der Waals surface area contributed by atoms with Crippen LogP contribution in [0.5, 0.6) is 0 Å². The van der Waals surface area contributed by atoms with Gasteiger partial charge in [0, 0.05) is 12.4 Å². The normalized spacial score (nSPS) is 13.2. The standard InChI is InChI=1S/C8H8N2/c1-2-4-8-7(3-1)9-5-6-10-8/h1-6,9-10H. The van der Waals surface area contributed by atoms with Gasteiger partial charge in [-0.3, -0.25) is 0 Å². The van der Waals surface area contributed by atoms with Crippen LogP contribution in [-0.4, -0.2) is 0 Å². The minimum absolute atomic E-state index is 1.13. The smallest absolute Gasteiger partial charge is 0.0619 e. The molecule has 0 fully saturated rings. The van der Waals surface area contributed by atoms with Crippen molar-refractivity contribution in [2.24, 2.45) is 0 Å². The first-order valence-corrected chi connectivity index (χ1v) is 3.24. The molecule has 0 unspecified atom stereocenters. The predicted octanol–water partition coefficient (Wildman–Crippen LogP) is 2.00.